The fourth-order valence-electron chi connectivity index (χ4n) is 3.22. The van der Waals surface area contributed by atoms with Gasteiger partial charge in [0.15, 0.2) is 6.61 Å². The Hall–Kier alpha value is -2.53. The molecule has 0 radical (unpaired) electrons. The Morgan fingerprint density at radius 2 is 1.65 bits per heavy atom. The van der Waals surface area contributed by atoms with Gasteiger partial charge in [-0.2, -0.15) is 0 Å². The first kappa shape index (κ1) is 24.7. The molecule has 0 heterocycles. The summed E-state index contributed by atoms with van der Waals surface area (Å²) in [7, 11) is 0. The second-order valence-electron chi connectivity index (χ2n) is 8.42. The molecule has 0 aliphatic carbocycles. The minimum atomic E-state index is -0.622. The van der Waals surface area contributed by atoms with Crippen LogP contribution in [-0.4, -0.2) is 35.9 Å². The van der Waals surface area contributed by atoms with Crippen LogP contribution in [0.5, 0.6) is 5.75 Å². The van der Waals surface area contributed by atoms with Crippen molar-refractivity contribution >= 4 is 23.4 Å². The summed E-state index contributed by atoms with van der Waals surface area (Å²) in [6, 6.07) is 10.9. The molecular weight excluding hydrogens is 412 g/mol. The molecule has 2 amide bonds. The molecule has 2 aromatic rings. The Morgan fingerprint density at radius 1 is 1.03 bits per heavy atom. The van der Waals surface area contributed by atoms with Gasteiger partial charge in [0.2, 0.25) is 5.91 Å². The number of carbonyl (C=O) groups excluding carboxylic acids is 2. The number of hydrogen-bond donors (Lipinski definition) is 1. The largest absolute Gasteiger partial charge is 0.484 e. The van der Waals surface area contributed by atoms with Crippen LogP contribution in [0, 0.1) is 26.7 Å². The molecule has 0 aliphatic rings. The number of nitrogens with zero attached hydrogens (tertiary/aromatic N) is 1. The number of ether oxygens (including phenoxy) is 1. The average Bonchev–Trinajstić information content (AvgIpc) is 2.72. The van der Waals surface area contributed by atoms with Crippen molar-refractivity contribution in [3.63, 3.8) is 0 Å². The SMILES string of the molecule is Cc1ccccc1CN(C(=O)COc1cc(C)c(Cl)c(C)c1)[C@@H](C)C(=O)NCC(C)C. The van der Waals surface area contributed by atoms with Crippen LogP contribution in [-0.2, 0) is 16.1 Å². The molecule has 0 bridgehead atoms. The lowest BCUT2D eigenvalue weighted by molar-refractivity contribution is -0.142. The summed E-state index contributed by atoms with van der Waals surface area (Å²) in [4.78, 5) is 27.4. The standard InChI is InChI=1S/C25H33ClN2O3/c1-16(2)13-27-25(30)20(6)28(14-21-10-8-7-9-17(21)3)23(29)15-31-22-11-18(4)24(26)19(5)12-22/h7-12,16,20H,13-15H2,1-6H3,(H,27,30)/t20-/m0/s1. The van der Waals surface area contributed by atoms with E-state index in [0.29, 0.717) is 29.8 Å². The smallest absolute Gasteiger partial charge is 0.261 e. The molecular formula is C25H33ClN2O3. The topological polar surface area (TPSA) is 58.6 Å². The monoisotopic (exact) mass is 444 g/mol. The Kier molecular flexibility index (Phi) is 8.93. The van der Waals surface area contributed by atoms with Gasteiger partial charge >= 0.3 is 0 Å². The van der Waals surface area contributed by atoms with E-state index in [-0.39, 0.29) is 18.4 Å². The summed E-state index contributed by atoms with van der Waals surface area (Å²) in [6.07, 6.45) is 0. The van der Waals surface area contributed by atoms with Crippen LogP contribution in [0.1, 0.15) is 43.0 Å². The predicted molar refractivity (Wildman–Crippen MR) is 125 cm³/mol. The summed E-state index contributed by atoms with van der Waals surface area (Å²) in [5, 5.41) is 3.61. The summed E-state index contributed by atoms with van der Waals surface area (Å²) in [6.45, 7) is 12.4. The fourth-order valence-corrected chi connectivity index (χ4v) is 3.33. The van der Waals surface area contributed by atoms with Crippen molar-refractivity contribution in [2.45, 2.75) is 54.1 Å². The van der Waals surface area contributed by atoms with E-state index in [0.717, 1.165) is 22.3 Å². The maximum absolute atomic E-state index is 13.1. The number of nitrogens with one attached hydrogen (secondary N) is 1. The number of amides is 2. The third kappa shape index (κ3) is 7.00. The van der Waals surface area contributed by atoms with Gasteiger partial charge in [0, 0.05) is 18.1 Å². The van der Waals surface area contributed by atoms with Crippen LogP contribution >= 0.6 is 11.6 Å². The van der Waals surface area contributed by atoms with Gasteiger partial charge in [-0.25, -0.2) is 0 Å². The number of benzene rings is 2. The summed E-state index contributed by atoms with van der Waals surface area (Å²) in [5.41, 5.74) is 3.85. The normalized spacial score (nSPS) is 11.9. The van der Waals surface area contributed by atoms with Crippen molar-refractivity contribution < 1.29 is 14.3 Å². The van der Waals surface area contributed by atoms with Gasteiger partial charge in [-0.05, 0) is 68.0 Å². The minimum absolute atomic E-state index is 0.159. The van der Waals surface area contributed by atoms with Gasteiger partial charge in [-0.3, -0.25) is 9.59 Å². The number of carbonyl (C=O) groups is 2. The molecule has 168 valence electrons. The van der Waals surface area contributed by atoms with Gasteiger partial charge in [-0.15, -0.1) is 0 Å². The van der Waals surface area contributed by atoms with E-state index in [2.05, 4.69) is 5.32 Å². The molecule has 2 rings (SSSR count). The lowest BCUT2D eigenvalue weighted by atomic mass is 10.1. The van der Waals surface area contributed by atoms with Crippen molar-refractivity contribution in [2.75, 3.05) is 13.2 Å². The highest BCUT2D eigenvalue weighted by molar-refractivity contribution is 6.32. The number of hydrogen-bond acceptors (Lipinski definition) is 3. The molecule has 0 saturated carbocycles. The number of rotatable bonds is 9. The van der Waals surface area contributed by atoms with Gasteiger partial charge < -0.3 is 15.0 Å². The maximum Gasteiger partial charge on any atom is 0.261 e. The molecule has 6 heteroatoms. The van der Waals surface area contributed by atoms with Crippen LogP contribution in [0.2, 0.25) is 5.02 Å². The van der Waals surface area contributed by atoms with E-state index in [1.165, 1.54) is 0 Å². The van der Waals surface area contributed by atoms with Crippen LogP contribution < -0.4 is 10.1 Å². The van der Waals surface area contributed by atoms with Crippen LogP contribution in [0.15, 0.2) is 36.4 Å². The molecule has 0 aromatic heterocycles. The van der Waals surface area contributed by atoms with Gasteiger partial charge in [0.05, 0.1) is 0 Å². The second-order valence-corrected chi connectivity index (χ2v) is 8.80. The zero-order chi connectivity index (χ0) is 23.1. The Labute approximate surface area is 190 Å². The molecule has 0 spiro atoms. The highest BCUT2D eigenvalue weighted by Gasteiger charge is 2.27. The average molecular weight is 445 g/mol. The summed E-state index contributed by atoms with van der Waals surface area (Å²) < 4.78 is 5.78. The van der Waals surface area contributed by atoms with Gasteiger partial charge in [-0.1, -0.05) is 49.7 Å². The Bertz CT molecular complexity index is 904. The molecule has 1 N–H and O–H groups in total. The van der Waals surface area contributed by atoms with E-state index in [1.807, 2.05) is 71.0 Å². The molecule has 31 heavy (non-hydrogen) atoms. The Balaban J connectivity index is 2.19. The van der Waals surface area contributed by atoms with E-state index in [4.69, 9.17) is 16.3 Å². The van der Waals surface area contributed by atoms with Crippen LogP contribution in [0.3, 0.4) is 0 Å². The van der Waals surface area contributed by atoms with E-state index >= 15 is 0 Å². The van der Waals surface area contributed by atoms with Crippen molar-refractivity contribution in [1.82, 2.24) is 10.2 Å². The van der Waals surface area contributed by atoms with Crippen LogP contribution in [0.4, 0.5) is 0 Å². The number of halogens is 1. The van der Waals surface area contributed by atoms with Gasteiger partial charge in [0.25, 0.3) is 5.91 Å². The zero-order valence-corrected chi connectivity index (χ0v) is 20.0. The maximum atomic E-state index is 13.1. The summed E-state index contributed by atoms with van der Waals surface area (Å²) in [5.74, 6) is 0.492. The van der Waals surface area contributed by atoms with E-state index in [9.17, 15) is 9.59 Å². The van der Waals surface area contributed by atoms with Gasteiger partial charge in [0.1, 0.15) is 11.8 Å². The summed E-state index contributed by atoms with van der Waals surface area (Å²) >= 11 is 6.22. The van der Waals surface area contributed by atoms with Crippen molar-refractivity contribution in [1.29, 1.82) is 0 Å². The van der Waals surface area contributed by atoms with Crippen LogP contribution in [0.25, 0.3) is 0 Å². The number of aryl methyl sites for hydroxylation is 3. The molecule has 0 aliphatic heterocycles. The predicted octanol–water partition coefficient (Wildman–Crippen LogP) is 4.83. The molecule has 0 saturated heterocycles. The molecule has 1 atom stereocenters. The fraction of sp³-hybridized carbons (Fsp3) is 0.440. The zero-order valence-electron chi connectivity index (χ0n) is 19.3. The first-order valence-electron chi connectivity index (χ1n) is 10.6. The third-order valence-electron chi connectivity index (χ3n) is 5.23. The second kappa shape index (κ2) is 11.2. The Morgan fingerprint density at radius 3 is 2.23 bits per heavy atom. The van der Waals surface area contributed by atoms with Crippen molar-refractivity contribution in [3.8, 4) is 5.75 Å². The quantitative estimate of drug-likeness (QED) is 0.602. The van der Waals surface area contributed by atoms with Crippen molar-refractivity contribution in [3.05, 3.63) is 63.7 Å². The molecule has 0 fully saturated rings. The van der Waals surface area contributed by atoms with E-state index < -0.39 is 6.04 Å². The molecule has 2 aromatic carbocycles. The third-order valence-corrected chi connectivity index (χ3v) is 5.82. The minimum Gasteiger partial charge on any atom is -0.484 e. The lowest BCUT2D eigenvalue weighted by Crippen LogP contribution is -2.49. The van der Waals surface area contributed by atoms with E-state index in [1.54, 1.807) is 11.8 Å². The first-order valence-corrected chi connectivity index (χ1v) is 11.0. The first-order chi connectivity index (χ1) is 14.6. The van der Waals surface area contributed by atoms with Crippen molar-refractivity contribution in [2.24, 2.45) is 5.92 Å². The molecule has 5 nitrogen and oxygen atoms in total. The highest BCUT2D eigenvalue weighted by Crippen LogP contribution is 2.26. The lowest BCUT2D eigenvalue weighted by Gasteiger charge is -2.29. The highest BCUT2D eigenvalue weighted by atomic mass is 35.5. The molecule has 0 unspecified atom stereocenters.